The van der Waals surface area contributed by atoms with Crippen LogP contribution in [0.4, 0.5) is 5.69 Å². The number of hydrogen-bond donors (Lipinski definition) is 2. The first-order valence-corrected chi connectivity index (χ1v) is 8.49. The SMILES string of the molecule is Cc1cc(C)c(NC(=O)c2nnn(C3CCNCC3)c2C)c(C)c1.Cl. The minimum Gasteiger partial charge on any atom is -0.320 e. The Kier molecular flexibility index (Phi) is 6.19. The minimum absolute atomic E-state index is 0. The summed E-state index contributed by atoms with van der Waals surface area (Å²) >= 11 is 0. The molecule has 0 atom stereocenters. The van der Waals surface area contributed by atoms with Crippen LogP contribution in [-0.2, 0) is 0 Å². The zero-order valence-corrected chi connectivity index (χ0v) is 16.0. The van der Waals surface area contributed by atoms with E-state index >= 15 is 0 Å². The molecule has 0 bridgehead atoms. The molecule has 0 unspecified atom stereocenters. The van der Waals surface area contributed by atoms with E-state index in [0.29, 0.717) is 11.7 Å². The van der Waals surface area contributed by atoms with Gasteiger partial charge in [-0.1, -0.05) is 22.9 Å². The summed E-state index contributed by atoms with van der Waals surface area (Å²) in [6.07, 6.45) is 2.03. The van der Waals surface area contributed by atoms with E-state index in [0.717, 1.165) is 48.4 Å². The molecule has 2 N–H and O–H groups in total. The number of rotatable bonds is 3. The third kappa shape index (κ3) is 4.02. The van der Waals surface area contributed by atoms with E-state index in [4.69, 9.17) is 0 Å². The molecule has 136 valence electrons. The fraction of sp³-hybridized carbons (Fsp3) is 0.500. The van der Waals surface area contributed by atoms with Gasteiger partial charge in [-0.3, -0.25) is 4.79 Å². The number of piperidine rings is 1. The Balaban J connectivity index is 0.00000225. The molecule has 0 aliphatic carbocycles. The molecule has 0 radical (unpaired) electrons. The number of carbonyl (C=O) groups is 1. The quantitative estimate of drug-likeness (QED) is 0.878. The van der Waals surface area contributed by atoms with Crippen molar-refractivity contribution in [2.75, 3.05) is 18.4 Å². The zero-order chi connectivity index (χ0) is 17.3. The predicted molar refractivity (Wildman–Crippen MR) is 102 cm³/mol. The lowest BCUT2D eigenvalue weighted by Crippen LogP contribution is -2.30. The van der Waals surface area contributed by atoms with E-state index in [1.165, 1.54) is 5.56 Å². The Labute approximate surface area is 154 Å². The molecule has 2 aromatic rings. The Morgan fingerprint density at radius 3 is 2.36 bits per heavy atom. The molecule has 1 fully saturated rings. The van der Waals surface area contributed by atoms with Crippen LogP contribution >= 0.6 is 12.4 Å². The van der Waals surface area contributed by atoms with Crippen molar-refractivity contribution in [1.82, 2.24) is 20.3 Å². The van der Waals surface area contributed by atoms with Gasteiger partial charge < -0.3 is 10.6 Å². The van der Waals surface area contributed by atoms with Gasteiger partial charge in [0.15, 0.2) is 5.69 Å². The highest BCUT2D eigenvalue weighted by Gasteiger charge is 2.23. The van der Waals surface area contributed by atoms with Gasteiger partial charge in [-0.2, -0.15) is 0 Å². The van der Waals surface area contributed by atoms with E-state index in [1.807, 2.05) is 25.5 Å². The standard InChI is InChI=1S/C18H25N5O.ClH/c1-11-9-12(2)16(13(3)10-11)20-18(24)17-14(4)23(22-21-17)15-5-7-19-8-6-15;/h9-10,15,19H,5-8H2,1-4H3,(H,20,24);1H. The molecule has 0 saturated carbocycles. The number of carbonyl (C=O) groups excluding carboxylic acids is 1. The van der Waals surface area contributed by atoms with Gasteiger partial charge in [0.2, 0.25) is 0 Å². The molecule has 7 heteroatoms. The molecule has 1 amide bonds. The topological polar surface area (TPSA) is 71.8 Å². The number of anilines is 1. The Morgan fingerprint density at radius 2 is 1.76 bits per heavy atom. The van der Waals surface area contributed by atoms with Crippen molar-refractivity contribution in [2.24, 2.45) is 0 Å². The van der Waals surface area contributed by atoms with E-state index in [-0.39, 0.29) is 18.3 Å². The molecule has 1 aliphatic heterocycles. The van der Waals surface area contributed by atoms with Gasteiger partial charge in [0, 0.05) is 5.69 Å². The molecule has 1 saturated heterocycles. The van der Waals surface area contributed by atoms with Crippen LogP contribution < -0.4 is 10.6 Å². The van der Waals surface area contributed by atoms with E-state index in [9.17, 15) is 4.79 Å². The number of amides is 1. The van der Waals surface area contributed by atoms with E-state index < -0.39 is 0 Å². The number of nitrogens with zero attached hydrogens (tertiary/aromatic N) is 3. The van der Waals surface area contributed by atoms with Crippen LogP contribution in [0.3, 0.4) is 0 Å². The highest BCUT2D eigenvalue weighted by Crippen LogP contribution is 2.24. The maximum absolute atomic E-state index is 12.7. The van der Waals surface area contributed by atoms with Crippen molar-refractivity contribution in [3.63, 3.8) is 0 Å². The number of aromatic nitrogens is 3. The van der Waals surface area contributed by atoms with Gasteiger partial charge in [-0.05, 0) is 64.8 Å². The summed E-state index contributed by atoms with van der Waals surface area (Å²) in [5.41, 5.74) is 5.42. The van der Waals surface area contributed by atoms with Crippen molar-refractivity contribution in [2.45, 2.75) is 46.6 Å². The number of nitrogens with one attached hydrogen (secondary N) is 2. The Bertz CT molecular complexity index is 742. The maximum atomic E-state index is 12.7. The third-order valence-corrected chi connectivity index (χ3v) is 4.71. The van der Waals surface area contributed by atoms with Crippen molar-refractivity contribution in [1.29, 1.82) is 0 Å². The zero-order valence-electron chi connectivity index (χ0n) is 15.2. The maximum Gasteiger partial charge on any atom is 0.278 e. The van der Waals surface area contributed by atoms with Crippen LogP contribution in [0, 0.1) is 27.7 Å². The normalized spacial score (nSPS) is 14.9. The largest absolute Gasteiger partial charge is 0.320 e. The van der Waals surface area contributed by atoms with Gasteiger partial charge >= 0.3 is 0 Å². The molecule has 3 rings (SSSR count). The summed E-state index contributed by atoms with van der Waals surface area (Å²) in [7, 11) is 0. The van der Waals surface area contributed by atoms with Crippen LogP contribution in [0.25, 0.3) is 0 Å². The van der Waals surface area contributed by atoms with Crippen molar-refractivity contribution in [3.05, 3.63) is 40.2 Å². The molecule has 1 aliphatic rings. The van der Waals surface area contributed by atoms with Crippen LogP contribution in [0.1, 0.15) is 51.8 Å². The van der Waals surface area contributed by atoms with Crippen LogP contribution in [0.5, 0.6) is 0 Å². The molecule has 0 spiro atoms. The average Bonchev–Trinajstić information content (AvgIpc) is 2.93. The van der Waals surface area contributed by atoms with Gasteiger partial charge in [0.25, 0.3) is 5.91 Å². The van der Waals surface area contributed by atoms with Crippen LogP contribution in [0.2, 0.25) is 0 Å². The van der Waals surface area contributed by atoms with Crippen molar-refractivity contribution < 1.29 is 4.79 Å². The summed E-state index contributed by atoms with van der Waals surface area (Å²) < 4.78 is 1.91. The lowest BCUT2D eigenvalue weighted by molar-refractivity contribution is 0.102. The summed E-state index contributed by atoms with van der Waals surface area (Å²) in [6, 6.07) is 4.46. The van der Waals surface area contributed by atoms with Gasteiger partial charge in [-0.25, -0.2) is 4.68 Å². The van der Waals surface area contributed by atoms with Crippen molar-refractivity contribution in [3.8, 4) is 0 Å². The number of benzene rings is 1. The molecule has 25 heavy (non-hydrogen) atoms. The Morgan fingerprint density at radius 1 is 1.16 bits per heavy atom. The van der Waals surface area contributed by atoms with Crippen LogP contribution in [0.15, 0.2) is 12.1 Å². The number of hydrogen-bond acceptors (Lipinski definition) is 4. The fourth-order valence-electron chi connectivity index (χ4n) is 3.50. The summed E-state index contributed by atoms with van der Waals surface area (Å²) in [4.78, 5) is 12.7. The first-order valence-electron chi connectivity index (χ1n) is 8.49. The highest BCUT2D eigenvalue weighted by molar-refractivity contribution is 6.04. The third-order valence-electron chi connectivity index (χ3n) is 4.71. The minimum atomic E-state index is -0.192. The van der Waals surface area contributed by atoms with Gasteiger partial charge in [0.1, 0.15) is 0 Å². The van der Waals surface area contributed by atoms with Crippen LogP contribution in [-0.4, -0.2) is 34.0 Å². The second kappa shape index (κ2) is 7.97. The summed E-state index contributed by atoms with van der Waals surface area (Å²) in [6.45, 7) is 9.95. The second-order valence-corrected chi connectivity index (χ2v) is 6.68. The Hall–Kier alpha value is -1.92. The summed E-state index contributed by atoms with van der Waals surface area (Å²) in [5, 5.41) is 14.7. The number of aryl methyl sites for hydroxylation is 3. The lowest BCUT2D eigenvalue weighted by atomic mass is 10.0. The summed E-state index contributed by atoms with van der Waals surface area (Å²) in [5.74, 6) is -0.192. The number of halogens is 1. The van der Waals surface area contributed by atoms with Gasteiger partial charge in [0.05, 0.1) is 11.7 Å². The molecular weight excluding hydrogens is 338 g/mol. The van der Waals surface area contributed by atoms with E-state index in [1.54, 1.807) is 0 Å². The molecular formula is C18H26ClN5O. The highest BCUT2D eigenvalue weighted by atomic mass is 35.5. The lowest BCUT2D eigenvalue weighted by Gasteiger charge is -2.23. The first-order chi connectivity index (χ1) is 11.5. The van der Waals surface area contributed by atoms with E-state index in [2.05, 4.69) is 40.0 Å². The molecule has 6 nitrogen and oxygen atoms in total. The average molecular weight is 364 g/mol. The van der Waals surface area contributed by atoms with Crippen molar-refractivity contribution >= 4 is 24.0 Å². The molecule has 1 aromatic heterocycles. The molecule has 1 aromatic carbocycles. The predicted octanol–water partition coefficient (Wildman–Crippen LogP) is 3.11. The molecule has 2 heterocycles. The second-order valence-electron chi connectivity index (χ2n) is 6.68. The first kappa shape index (κ1) is 19.4. The van der Waals surface area contributed by atoms with Gasteiger partial charge in [-0.15, -0.1) is 17.5 Å². The smallest absolute Gasteiger partial charge is 0.278 e. The fourth-order valence-corrected chi connectivity index (χ4v) is 3.50. The monoisotopic (exact) mass is 363 g/mol.